The molecular weight excluding hydrogens is 268 g/mol. The van der Waals surface area contributed by atoms with Crippen molar-refractivity contribution in [3.8, 4) is 11.3 Å². The highest BCUT2D eigenvalue weighted by atomic mass is 79.9. The third-order valence-corrected chi connectivity index (χ3v) is 3.69. The zero-order chi connectivity index (χ0) is 11.1. The van der Waals surface area contributed by atoms with Crippen LogP contribution in [0.2, 0.25) is 0 Å². The van der Waals surface area contributed by atoms with Crippen LogP contribution < -0.4 is 5.73 Å². The highest BCUT2D eigenvalue weighted by molar-refractivity contribution is 9.10. The van der Waals surface area contributed by atoms with Crippen LogP contribution in [0.3, 0.4) is 0 Å². The number of benzene rings is 1. The summed E-state index contributed by atoms with van der Waals surface area (Å²) in [4.78, 5) is 0. The van der Waals surface area contributed by atoms with Crippen molar-refractivity contribution >= 4 is 21.8 Å². The Labute approximate surface area is 102 Å². The first-order valence-corrected chi connectivity index (χ1v) is 6.07. The van der Waals surface area contributed by atoms with Crippen molar-refractivity contribution in [1.82, 2.24) is 5.16 Å². The predicted molar refractivity (Wildman–Crippen MR) is 66.1 cm³/mol. The van der Waals surface area contributed by atoms with E-state index < -0.39 is 0 Å². The van der Waals surface area contributed by atoms with E-state index >= 15 is 0 Å². The number of halogens is 1. The molecular formula is C12H11BrN2O. The van der Waals surface area contributed by atoms with Gasteiger partial charge in [-0.25, -0.2) is 0 Å². The summed E-state index contributed by atoms with van der Waals surface area (Å²) in [6.07, 6.45) is 3.55. The summed E-state index contributed by atoms with van der Waals surface area (Å²) >= 11 is 3.61. The van der Waals surface area contributed by atoms with Crippen molar-refractivity contribution < 1.29 is 4.52 Å². The van der Waals surface area contributed by atoms with Crippen molar-refractivity contribution in [2.24, 2.45) is 0 Å². The molecule has 1 aromatic carbocycles. The second-order valence-corrected chi connectivity index (χ2v) is 4.92. The number of nitrogens with zero attached hydrogens (tertiary/aromatic N) is 1. The van der Waals surface area contributed by atoms with Gasteiger partial charge in [0.1, 0.15) is 5.69 Å². The molecule has 2 aromatic rings. The van der Waals surface area contributed by atoms with Crippen molar-refractivity contribution in [1.29, 1.82) is 0 Å². The van der Waals surface area contributed by atoms with Crippen molar-refractivity contribution in [2.45, 2.75) is 19.3 Å². The molecule has 1 aliphatic rings. The number of aromatic nitrogens is 1. The van der Waals surface area contributed by atoms with Gasteiger partial charge < -0.3 is 10.3 Å². The Morgan fingerprint density at radius 1 is 1.25 bits per heavy atom. The molecule has 1 aliphatic carbocycles. The summed E-state index contributed by atoms with van der Waals surface area (Å²) in [5.41, 5.74) is 10.2. The maximum absolute atomic E-state index is 5.53. The predicted octanol–water partition coefficient (Wildman–Crippen LogP) is 3.18. The zero-order valence-electron chi connectivity index (χ0n) is 8.66. The topological polar surface area (TPSA) is 52.0 Å². The number of hydrogen-bond acceptors (Lipinski definition) is 3. The van der Waals surface area contributed by atoms with Gasteiger partial charge in [0.15, 0.2) is 0 Å². The van der Waals surface area contributed by atoms with Gasteiger partial charge in [-0.05, 0) is 42.5 Å². The fraction of sp³-hybridized carbons (Fsp3) is 0.250. The van der Waals surface area contributed by atoms with Gasteiger partial charge in [0.2, 0.25) is 5.88 Å². The van der Waals surface area contributed by atoms with Gasteiger partial charge in [-0.1, -0.05) is 21.1 Å². The Kier molecular flexibility index (Phi) is 2.24. The largest absolute Gasteiger partial charge is 0.368 e. The molecule has 0 saturated carbocycles. The van der Waals surface area contributed by atoms with Gasteiger partial charge in [0.05, 0.1) is 0 Å². The summed E-state index contributed by atoms with van der Waals surface area (Å²) in [6.45, 7) is 0. The first-order chi connectivity index (χ1) is 7.74. The van der Waals surface area contributed by atoms with Gasteiger partial charge in [0, 0.05) is 16.1 Å². The van der Waals surface area contributed by atoms with Crippen LogP contribution in [-0.4, -0.2) is 5.16 Å². The fourth-order valence-corrected chi connectivity index (χ4v) is 2.92. The molecule has 0 radical (unpaired) electrons. The molecule has 0 atom stereocenters. The molecule has 1 aromatic heterocycles. The summed E-state index contributed by atoms with van der Waals surface area (Å²) in [6, 6.07) is 6.02. The monoisotopic (exact) mass is 278 g/mol. The number of fused-ring (bicyclic) bond motifs is 1. The third kappa shape index (κ3) is 1.53. The molecule has 4 heteroatoms. The van der Waals surface area contributed by atoms with Gasteiger partial charge in [0.25, 0.3) is 0 Å². The van der Waals surface area contributed by atoms with Crippen molar-refractivity contribution in [3.05, 3.63) is 33.8 Å². The van der Waals surface area contributed by atoms with E-state index in [0.717, 1.165) is 24.1 Å². The van der Waals surface area contributed by atoms with Crippen LogP contribution >= 0.6 is 15.9 Å². The Morgan fingerprint density at radius 2 is 2.12 bits per heavy atom. The highest BCUT2D eigenvalue weighted by Gasteiger charge is 2.16. The summed E-state index contributed by atoms with van der Waals surface area (Å²) in [5, 5.41) is 3.93. The molecule has 0 amide bonds. The van der Waals surface area contributed by atoms with E-state index in [9.17, 15) is 0 Å². The lowest BCUT2D eigenvalue weighted by molar-refractivity contribution is 0.439. The quantitative estimate of drug-likeness (QED) is 0.872. The Bertz CT molecular complexity index is 548. The first-order valence-electron chi connectivity index (χ1n) is 5.28. The third-order valence-electron chi connectivity index (χ3n) is 2.98. The van der Waals surface area contributed by atoms with Crippen LogP contribution in [0.4, 0.5) is 5.88 Å². The Balaban J connectivity index is 2.12. The lowest BCUT2D eigenvalue weighted by Crippen LogP contribution is -1.87. The molecule has 2 N–H and O–H groups in total. The van der Waals surface area contributed by atoms with Crippen molar-refractivity contribution in [3.63, 3.8) is 0 Å². The molecule has 82 valence electrons. The van der Waals surface area contributed by atoms with Crippen LogP contribution in [-0.2, 0) is 12.8 Å². The number of hydrogen-bond donors (Lipinski definition) is 1. The van der Waals surface area contributed by atoms with E-state index in [4.69, 9.17) is 10.3 Å². The van der Waals surface area contributed by atoms with E-state index in [1.165, 1.54) is 22.0 Å². The van der Waals surface area contributed by atoms with Gasteiger partial charge >= 0.3 is 0 Å². The lowest BCUT2D eigenvalue weighted by Gasteiger charge is -2.05. The van der Waals surface area contributed by atoms with Crippen LogP contribution in [0, 0.1) is 0 Å². The van der Waals surface area contributed by atoms with E-state index in [-0.39, 0.29) is 0 Å². The molecule has 0 aliphatic heterocycles. The number of aryl methyl sites for hydroxylation is 1. The van der Waals surface area contributed by atoms with E-state index in [2.05, 4.69) is 33.2 Å². The lowest BCUT2D eigenvalue weighted by atomic mass is 10.0. The van der Waals surface area contributed by atoms with Crippen LogP contribution in [0.5, 0.6) is 0 Å². The molecule has 16 heavy (non-hydrogen) atoms. The molecule has 0 spiro atoms. The van der Waals surface area contributed by atoms with Gasteiger partial charge in [-0.3, -0.25) is 0 Å². The summed E-state index contributed by atoms with van der Waals surface area (Å²) < 4.78 is 6.06. The van der Waals surface area contributed by atoms with E-state index in [0.29, 0.717) is 5.88 Å². The fourth-order valence-electron chi connectivity index (χ4n) is 2.23. The van der Waals surface area contributed by atoms with Crippen molar-refractivity contribution in [2.75, 3.05) is 5.73 Å². The normalized spacial score (nSPS) is 14.1. The smallest absolute Gasteiger partial charge is 0.222 e. The molecule has 3 rings (SSSR count). The minimum absolute atomic E-state index is 0.353. The van der Waals surface area contributed by atoms with Gasteiger partial charge in [-0.2, -0.15) is 0 Å². The number of rotatable bonds is 1. The zero-order valence-corrected chi connectivity index (χ0v) is 10.3. The maximum Gasteiger partial charge on any atom is 0.222 e. The minimum Gasteiger partial charge on any atom is -0.368 e. The van der Waals surface area contributed by atoms with E-state index in [1.807, 2.05) is 0 Å². The minimum atomic E-state index is 0.353. The number of nitrogens with two attached hydrogens (primary N) is 1. The van der Waals surface area contributed by atoms with E-state index in [1.54, 1.807) is 6.07 Å². The summed E-state index contributed by atoms with van der Waals surface area (Å²) in [5.74, 6) is 0.353. The maximum atomic E-state index is 5.53. The molecule has 3 nitrogen and oxygen atoms in total. The average Bonchev–Trinajstić information content (AvgIpc) is 2.85. The number of nitrogen functional groups attached to an aromatic ring is 1. The molecule has 0 fully saturated rings. The standard InChI is InChI=1S/C12H11BrN2O/c13-10-5-8(11-6-12(14)16-15-11)4-7-2-1-3-9(7)10/h4-6H,1-3,14H2. The Hall–Kier alpha value is -1.29. The average molecular weight is 279 g/mol. The van der Waals surface area contributed by atoms with Crippen LogP contribution in [0.1, 0.15) is 17.5 Å². The molecule has 0 unspecified atom stereocenters. The highest BCUT2D eigenvalue weighted by Crippen LogP contribution is 2.34. The van der Waals surface area contributed by atoms with Crippen LogP contribution in [0.25, 0.3) is 11.3 Å². The Morgan fingerprint density at radius 3 is 2.88 bits per heavy atom. The molecule has 1 heterocycles. The summed E-state index contributed by atoms with van der Waals surface area (Å²) in [7, 11) is 0. The van der Waals surface area contributed by atoms with Crippen LogP contribution in [0.15, 0.2) is 27.2 Å². The second kappa shape index (κ2) is 3.63. The number of anilines is 1. The molecule has 0 bridgehead atoms. The SMILES string of the molecule is Nc1cc(-c2cc(Br)c3c(c2)CCC3)no1. The molecule has 0 saturated heterocycles. The van der Waals surface area contributed by atoms with Gasteiger partial charge in [-0.15, -0.1) is 0 Å². The first kappa shape index (κ1) is 9.90. The second-order valence-electron chi connectivity index (χ2n) is 4.06.